The van der Waals surface area contributed by atoms with Gasteiger partial charge in [-0.05, 0) is 6.54 Å². The highest BCUT2D eigenvalue weighted by molar-refractivity contribution is 8.19. The van der Waals surface area contributed by atoms with E-state index in [2.05, 4.69) is 15.4 Å². The Hall–Kier alpha value is 0.250. The van der Waals surface area contributed by atoms with Crippen LogP contribution in [0.2, 0.25) is 0 Å². The van der Waals surface area contributed by atoms with Crippen molar-refractivity contribution in [1.82, 2.24) is 0 Å². The molecule has 64 valence electrons. The van der Waals surface area contributed by atoms with E-state index in [1.165, 1.54) is 0 Å². The molecule has 0 rings (SSSR count). The van der Waals surface area contributed by atoms with Crippen molar-refractivity contribution in [2.75, 3.05) is 19.7 Å². The molecule has 0 amide bonds. The maximum atomic E-state index is 9.85. The summed E-state index contributed by atoms with van der Waals surface area (Å²) in [6, 6.07) is 0. The molecule has 0 aromatic carbocycles. The Bertz CT molecular complexity index is 108. The van der Waals surface area contributed by atoms with Crippen LogP contribution in [0, 0.1) is 0 Å². The molecule has 0 aliphatic carbocycles. The summed E-state index contributed by atoms with van der Waals surface area (Å²) in [4.78, 5) is 0. The Balaban J connectivity index is 0. The molecule has 0 unspecified atom stereocenters. The summed E-state index contributed by atoms with van der Waals surface area (Å²) in [6.07, 6.45) is 0. The molecule has 0 aromatic rings. The van der Waals surface area contributed by atoms with Crippen LogP contribution in [0.3, 0.4) is 0 Å². The van der Waals surface area contributed by atoms with Crippen LogP contribution in [0.1, 0.15) is 6.92 Å². The van der Waals surface area contributed by atoms with E-state index in [1.54, 1.807) is 0 Å². The minimum absolute atomic E-state index is 0.274. The summed E-state index contributed by atoms with van der Waals surface area (Å²) in [5.74, 6) is 0. The lowest BCUT2D eigenvalue weighted by molar-refractivity contribution is 0.362. The third-order valence-corrected chi connectivity index (χ3v) is 0.945. The summed E-state index contributed by atoms with van der Waals surface area (Å²) >= 11 is 4.14. The molecule has 0 aromatic heterocycles. The third-order valence-electron chi connectivity index (χ3n) is 0.297. The normalized spacial score (nSPS) is 8.80. The molecule has 0 aliphatic heterocycles. The van der Waals surface area contributed by atoms with E-state index in [0.717, 1.165) is 6.54 Å². The average Bonchev–Trinajstić information content (AvgIpc) is 1.85. The molecule has 0 radical (unpaired) electrons. The SMILES string of the molecule is CCN.NCCO[S-](=O)=S. The first kappa shape index (κ1) is 12.9. The minimum atomic E-state index is -1.56. The van der Waals surface area contributed by atoms with Gasteiger partial charge in [0.05, 0.1) is 0 Å². The van der Waals surface area contributed by atoms with Crippen molar-refractivity contribution < 1.29 is 8.39 Å². The zero-order chi connectivity index (χ0) is 8.41. The van der Waals surface area contributed by atoms with Gasteiger partial charge in [0, 0.05) is 13.2 Å². The highest BCUT2D eigenvalue weighted by Gasteiger charge is 1.67. The highest BCUT2D eigenvalue weighted by Crippen LogP contribution is 1.67. The van der Waals surface area contributed by atoms with E-state index >= 15 is 0 Å². The Morgan fingerprint density at radius 2 is 2.00 bits per heavy atom. The zero-order valence-electron chi connectivity index (χ0n) is 5.91. The maximum Gasteiger partial charge on any atom is 0.0380 e. The van der Waals surface area contributed by atoms with Gasteiger partial charge in [-0.15, -0.1) is 0 Å². The topological polar surface area (TPSA) is 78.3 Å². The lowest BCUT2D eigenvalue weighted by Gasteiger charge is -1.98. The Kier molecular flexibility index (Phi) is 15.4. The number of hydrogen-bond acceptors (Lipinski definition) is 6. The molecule has 0 spiro atoms. The fourth-order valence-corrected chi connectivity index (χ4v) is 0.553. The first-order valence-electron chi connectivity index (χ1n) is 2.81. The molecule has 4 nitrogen and oxygen atoms in total. The van der Waals surface area contributed by atoms with Gasteiger partial charge >= 0.3 is 0 Å². The van der Waals surface area contributed by atoms with E-state index in [0.29, 0.717) is 6.54 Å². The van der Waals surface area contributed by atoms with E-state index in [1.807, 2.05) is 6.92 Å². The summed E-state index contributed by atoms with van der Waals surface area (Å²) in [5, 5.41) is 0. The smallest absolute Gasteiger partial charge is 0.0380 e. The summed E-state index contributed by atoms with van der Waals surface area (Å²) in [7, 11) is -1.56. The fourth-order valence-electron chi connectivity index (χ4n) is 0.116. The molecule has 0 atom stereocenters. The van der Waals surface area contributed by atoms with Crippen LogP contribution in [0.4, 0.5) is 0 Å². The molecule has 0 saturated heterocycles. The molecule has 0 saturated carbocycles. The lowest BCUT2D eigenvalue weighted by Crippen LogP contribution is -2.06. The average molecular weight is 185 g/mol. The number of rotatable bonds is 3. The van der Waals surface area contributed by atoms with E-state index in [-0.39, 0.29) is 6.61 Å². The largest absolute Gasteiger partial charge is 0.442 e. The second-order valence-electron chi connectivity index (χ2n) is 1.22. The van der Waals surface area contributed by atoms with Crippen molar-refractivity contribution in [3.8, 4) is 0 Å². The standard InChI is InChI=1S/C2H6NO2S2.C2H7N/c3-1-2-5-7(4)6;1-2-3/h1-3H2;2-3H2,1H3/q-1;. The first-order chi connectivity index (χ1) is 4.68. The van der Waals surface area contributed by atoms with Gasteiger partial charge in [0.15, 0.2) is 0 Å². The Morgan fingerprint density at radius 3 is 2.10 bits per heavy atom. The van der Waals surface area contributed by atoms with Crippen LogP contribution in [0.15, 0.2) is 0 Å². The monoisotopic (exact) mass is 185 g/mol. The second-order valence-corrected chi connectivity index (χ2v) is 2.68. The maximum absolute atomic E-state index is 9.85. The molecule has 0 bridgehead atoms. The second kappa shape index (κ2) is 12.0. The van der Waals surface area contributed by atoms with Crippen molar-refractivity contribution in [3.63, 3.8) is 0 Å². The molecule has 6 heteroatoms. The van der Waals surface area contributed by atoms with Gasteiger partial charge in [-0.3, -0.25) is 0 Å². The van der Waals surface area contributed by atoms with Crippen LogP contribution < -0.4 is 11.5 Å². The fraction of sp³-hybridized carbons (Fsp3) is 1.00. The molecular formula is C4H13N2O2S2-. The molecule has 4 N–H and O–H groups in total. The zero-order valence-corrected chi connectivity index (χ0v) is 7.54. The van der Waals surface area contributed by atoms with Crippen LogP contribution in [0.25, 0.3) is 0 Å². The molecule has 0 heterocycles. The van der Waals surface area contributed by atoms with E-state index in [9.17, 15) is 4.21 Å². The van der Waals surface area contributed by atoms with E-state index < -0.39 is 9.64 Å². The van der Waals surface area contributed by atoms with E-state index in [4.69, 9.17) is 11.5 Å². The van der Waals surface area contributed by atoms with Crippen LogP contribution in [-0.2, 0) is 29.2 Å². The molecular weight excluding hydrogens is 172 g/mol. The van der Waals surface area contributed by atoms with Gasteiger partial charge in [-0.25, -0.2) is 11.2 Å². The molecule has 0 fully saturated rings. The van der Waals surface area contributed by atoms with Crippen LogP contribution in [-0.4, -0.2) is 19.7 Å². The molecule has 0 aliphatic rings. The lowest BCUT2D eigenvalue weighted by atomic mass is 10.8. The quantitative estimate of drug-likeness (QED) is 0.567. The highest BCUT2D eigenvalue weighted by atomic mass is 32.8. The predicted octanol–water partition coefficient (Wildman–Crippen LogP) is -0.733. The van der Waals surface area contributed by atoms with Gasteiger partial charge in [-0.2, -0.15) is 0 Å². The third kappa shape index (κ3) is 24.0. The molecule has 10 heavy (non-hydrogen) atoms. The summed E-state index contributed by atoms with van der Waals surface area (Å²) in [6.45, 7) is 3.29. The number of nitrogens with two attached hydrogens (primary N) is 2. The Morgan fingerprint density at radius 1 is 1.60 bits per heavy atom. The van der Waals surface area contributed by atoms with Crippen molar-refractivity contribution in [2.24, 2.45) is 11.5 Å². The Labute approximate surface area is 67.8 Å². The van der Waals surface area contributed by atoms with Gasteiger partial charge in [0.25, 0.3) is 0 Å². The predicted molar refractivity (Wildman–Crippen MR) is 45.2 cm³/mol. The van der Waals surface area contributed by atoms with Gasteiger partial charge in [-0.1, -0.05) is 16.6 Å². The van der Waals surface area contributed by atoms with Crippen molar-refractivity contribution >= 4 is 20.8 Å². The first-order valence-corrected chi connectivity index (χ1v) is 4.81. The van der Waals surface area contributed by atoms with Gasteiger partial charge in [0.2, 0.25) is 0 Å². The van der Waals surface area contributed by atoms with Gasteiger partial charge in [0.1, 0.15) is 0 Å². The summed E-state index contributed by atoms with van der Waals surface area (Å²) < 4.78 is 14.2. The minimum Gasteiger partial charge on any atom is -0.442 e. The summed E-state index contributed by atoms with van der Waals surface area (Å²) in [5.41, 5.74) is 9.82. The van der Waals surface area contributed by atoms with Crippen molar-refractivity contribution in [2.45, 2.75) is 6.92 Å². The van der Waals surface area contributed by atoms with Crippen molar-refractivity contribution in [3.05, 3.63) is 0 Å². The van der Waals surface area contributed by atoms with Crippen molar-refractivity contribution in [1.29, 1.82) is 0 Å². The van der Waals surface area contributed by atoms with Gasteiger partial charge < -0.3 is 19.9 Å². The van der Waals surface area contributed by atoms with Crippen LogP contribution >= 0.6 is 0 Å². The number of hydrogen-bond donors (Lipinski definition) is 2. The van der Waals surface area contributed by atoms with Crippen LogP contribution in [0.5, 0.6) is 0 Å².